The number of nitrogens with two attached hydrogens (primary N) is 1. The summed E-state index contributed by atoms with van der Waals surface area (Å²) in [5.41, 5.74) is 7.99. The van der Waals surface area contributed by atoms with Crippen LogP contribution in [0.4, 0.5) is 0 Å². The molecule has 0 spiro atoms. The van der Waals surface area contributed by atoms with Crippen LogP contribution in [0.5, 0.6) is 5.75 Å². The summed E-state index contributed by atoms with van der Waals surface area (Å²) in [6, 6.07) is 10.3. The van der Waals surface area contributed by atoms with Gasteiger partial charge >= 0.3 is 0 Å². The lowest BCUT2D eigenvalue weighted by Crippen LogP contribution is -2.04. The Hall–Kier alpha value is -2.11. The molecule has 2 heterocycles. The van der Waals surface area contributed by atoms with Gasteiger partial charge < -0.3 is 15.0 Å². The highest BCUT2D eigenvalue weighted by Gasteiger charge is 2.09. The maximum Gasteiger partial charge on any atom is 0.150 e. The maximum absolute atomic E-state index is 5.78. The third-order valence-electron chi connectivity index (χ3n) is 3.37. The van der Waals surface area contributed by atoms with Gasteiger partial charge in [0.15, 0.2) is 0 Å². The molecular weight excluding hydrogens is 282 g/mol. The SMILES string of the molecule is COc1ccc(Cn2ccnc2-c2cccs2)cc1CN. The highest BCUT2D eigenvalue weighted by atomic mass is 32.1. The molecule has 0 aliphatic heterocycles. The van der Waals surface area contributed by atoms with Crippen molar-refractivity contribution in [3.8, 4) is 16.5 Å². The topological polar surface area (TPSA) is 53.1 Å². The lowest BCUT2D eigenvalue weighted by molar-refractivity contribution is 0.409. The zero-order valence-electron chi connectivity index (χ0n) is 11.8. The number of methoxy groups -OCH3 is 1. The van der Waals surface area contributed by atoms with Crippen LogP contribution in [0.15, 0.2) is 48.1 Å². The van der Waals surface area contributed by atoms with Gasteiger partial charge in [-0.15, -0.1) is 11.3 Å². The Morgan fingerprint density at radius 2 is 2.24 bits per heavy atom. The van der Waals surface area contributed by atoms with E-state index in [0.29, 0.717) is 6.54 Å². The maximum atomic E-state index is 5.78. The number of aromatic nitrogens is 2. The molecule has 0 amide bonds. The monoisotopic (exact) mass is 299 g/mol. The van der Waals surface area contributed by atoms with Crippen LogP contribution < -0.4 is 10.5 Å². The van der Waals surface area contributed by atoms with E-state index in [-0.39, 0.29) is 0 Å². The normalized spacial score (nSPS) is 10.8. The summed E-state index contributed by atoms with van der Waals surface area (Å²) in [7, 11) is 1.67. The van der Waals surface area contributed by atoms with Gasteiger partial charge in [0.05, 0.1) is 12.0 Å². The average molecular weight is 299 g/mol. The van der Waals surface area contributed by atoms with Crippen molar-refractivity contribution in [3.63, 3.8) is 0 Å². The standard InChI is InChI=1S/C16H17N3OS/c1-20-14-5-4-12(9-13(14)10-17)11-19-7-6-18-16(19)15-3-2-8-21-15/h2-9H,10-11,17H2,1H3. The van der Waals surface area contributed by atoms with Crippen molar-refractivity contribution in [2.45, 2.75) is 13.1 Å². The molecule has 21 heavy (non-hydrogen) atoms. The summed E-state index contributed by atoms with van der Waals surface area (Å²) in [6.07, 6.45) is 3.84. The molecule has 0 aliphatic rings. The van der Waals surface area contributed by atoms with Crippen molar-refractivity contribution in [3.05, 3.63) is 59.2 Å². The van der Waals surface area contributed by atoms with Gasteiger partial charge in [-0.3, -0.25) is 0 Å². The van der Waals surface area contributed by atoms with Crippen LogP contribution in [-0.4, -0.2) is 16.7 Å². The van der Waals surface area contributed by atoms with Gasteiger partial charge in [0.2, 0.25) is 0 Å². The van der Waals surface area contributed by atoms with Crippen LogP contribution in [0.25, 0.3) is 10.7 Å². The van der Waals surface area contributed by atoms with Gasteiger partial charge in [-0.1, -0.05) is 12.1 Å². The fourth-order valence-corrected chi connectivity index (χ4v) is 3.09. The number of thiophene rings is 1. The molecule has 0 atom stereocenters. The molecule has 0 radical (unpaired) electrons. The first-order valence-corrected chi connectivity index (χ1v) is 7.60. The van der Waals surface area contributed by atoms with Crippen LogP contribution >= 0.6 is 11.3 Å². The fourth-order valence-electron chi connectivity index (χ4n) is 2.35. The Labute approximate surface area is 127 Å². The molecular formula is C16H17N3OS. The zero-order chi connectivity index (χ0) is 14.7. The Bertz CT molecular complexity index is 719. The highest BCUT2D eigenvalue weighted by Crippen LogP contribution is 2.25. The van der Waals surface area contributed by atoms with Crippen LogP contribution in [0.3, 0.4) is 0 Å². The van der Waals surface area contributed by atoms with Crippen molar-refractivity contribution in [2.24, 2.45) is 5.73 Å². The second-order valence-electron chi connectivity index (χ2n) is 4.71. The van der Waals surface area contributed by atoms with Gasteiger partial charge in [0.1, 0.15) is 11.6 Å². The van der Waals surface area contributed by atoms with E-state index in [1.54, 1.807) is 18.4 Å². The van der Waals surface area contributed by atoms with E-state index < -0.39 is 0 Å². The van der Waals surface area contributed by atoms with Crippen molar-refractivity contribution in [1.82, 2.24) is 9.55 Å². The third-order valence-corrected chi connectivity index (χ3v) is 4.24. The smallest absolute Gasteiger partial charge is 0.150 e. The first-order chi connectivity index (χ1) is 10.3. The number of hydrogen-bond acceptors (Lipinski definition) is 4. The molecule has 2 N–H and O–H groups in total. The molecule has 3 rings (SSSR count). The molecule has 0 aliphatic carbocycles. The molecule has 0 unspecified atom stereocenters. The first-order valence-electron chi connectivity index (χ1n) is 6.72. The molecule has 0 fully saturated rings. The Kier molecular flexibility index (Phi) is 4.03. The van der Waals surface area contributed by atoms with E-state index in [0.717, 1.165) is 23.7 Å². The molecule has 0 bridgehead atoms. The van der Waals surface area contributed by atoms with E-state index in [2.05, 4.69) is 33.1 Å². The second-order valence-corrected chi connectivity index (χ2v) is 5.65. The third kappa shape index (κ3) is 2.84. The molecule has 4 nitrogen and oxygen atoms in total. The predicted octanol–water partition coefficient (Wildman–Crippen LogP) is 3.13. The minimum absolute atomic E-state index is 0.471. The number of hydrogen-bond donors (Lipinski definition) is 1. The zero-order valence-corrected chi connectivity index (χ0v) is 12.6. The van der Waals surface area contributed by atoms with E-state index in [1.807, 2.05) is 24.5 Å². The summed E-state index contributed by atoms with van der Waals surface area (Å²) in [5, 5.41) is 2.06. The summed E-state index contributed by atoms with van der Waals surface area (Å²) < 4.78 is 7.46. The fraction of sp³-hybridized carbons (Fsp3) is 0.188. The van der Waals surface area contributed by atoms with E-state index in [9.17, 15) is 0 Å². The van der Waals surface area contributed by atoms with Crippen molar-refractivity contribution in [2.75, 3.05) is 7.11 Å². The van der Waals surface area contributed by atoms with E-state index in [1.165, 1.54) is 10.4 Å². The second kappa shape index (κ2) is 6.11. The van der Waals surface area contributed by atoms with Gasteiger partial charge in [0.25, 0.3) is 0 Å². The summed E-state index contributed by atoms with van der Waals surface area (Å²) in [6.45, 7) is 1.24. The lowest BCUT2D eigenvalue weighted by Gasteiger charge is -2.11. The molecule has 3 aromatic rings. The summed E-state index contributed by atoms with van der Waals surface area (Å²) >= 11 is 1.70. The minimum Gasteiger partial charge on any atom is -0.496 e. The summed E-state index contributed by atoms with van der Waals surface area (Å²) in [4.78, 5) is 5.63. The number of nitrogens with zero attached hydrogens (tertiary/aromatic N) is 2. The number of benzene rings is 1. The Morgan fingerprint density at radius 1 is 1.33 bits per heavy atom. The van der Waals surface area contributed by atoms with Crippen LogP contribution in [0.1, 0.15) is 11.1 Å². The lowest BCUT2D eigenvalue weighted by atomic mass is 10.1. The van der Waals surface area contributed by atoms with Gasteiger partial charge in [-0.2, -0.15) is 0 Å². The van der Waals surface area contributed by atoms with Crippen LogP contribution in [0, 0.1) is 0 Å². The molecule has 0 saturated carbocycles. The van der Waals surface area contributed by atoms with Gasteiger partial charge in [-0.05, 0) is 29.1 Å². The number of rotatable bonds is 5. The van der Waals surface area contributed by atoms with E-state index >= 15 is 0 Å². The van der Waals surface area contributed by atoms with Crippen molar-refractivity contribution in [1.29, 1.82) is 0 Å². The minimum atomic E-state index is 0.471. The molecule has 0 saturated heterocycles. The van der Waals surface area contributed by atoms with Gasteiger partial charge in [-0.25, -0.2) is 4.98 Å². The molecule has 2 aromatic heterocycles. The first kappa shape index (κ1) is 13.9. The average Bonchev–Trinajstić information content (AvgIpc) is 3.17. The summed E-state index contributed by atoms with van der Waals surface area (Å²) in [5.74, 6) is 1.83. The van der Waals surface area contributed by atoms with Crippen LogP contribution in [0.2, 0.25) is 0 Å². The Balaban J connectivity index is 1.89. The van der Waals surface area contributed by atoms with Gasteiger partial charge in [0, 0.05) is 31.0 Å². The molecule has 108 valence electrons. The number of ether oxygens (including phenoxy) is 1. The van der Waals surface area contributed by atoms with E-state index in [4.69, 9.17) is 10.5 Å². The van der Waals surface area contributed by atoms with Crippen LogP contribution in [-0.2, 0) is 13.1 Å². The quantitative estimate of drug-likeness (QED) is 0.787. The highest BCUT2D eigenvalue weighted by molar-refractivity contribution is 7.13. The van der Waals surface area contributed by atoms with Crippen molar-refractivity contribution < 1.29 is 4.74 Å². The largest absolute Gasteiger partial charge is 0.496 e. The predicted molar refractivity (Wildman–Crippen MR) is 85.5 cm³/mol. The van der Waals surface area contributed by atoms with Crippen molar-refractivity contribution >= 4 is 11.3 Å². The number of imidazole rings is 1. The Morgan fingerprint density at radius 3 is 2.95 bits per heavy atom. The molecule has 5 heteroatoms. The molecule has 1 aromatic carbocycles.